The predicted octanol–water partition coefficient (Wildman–Crippen LogP) is 7.05. The fraction of sp³-hybridized carbons (Fsp3) is 0.625. The Morgan fingerprint density at radius 1 is 0.808 bits per heavy atom. The van der Waals surface area contributed by atoms with Crippen LogP contribution in [0.1, 0.15) is 83.6 Å². The number of aliphatic imine (C=N–C) groups is 2. The molecule has 0 spiro atoms. The molecule has 2 atom stereocenters. The van der Waals surface area contributed by atoms with Crippen LogP contribution < -0.4 is 0 Å². The minimum Gasteiger partial charge on any atom is -0.0965 e. The highest BCUT2D eigenvalue weighted by atomic mass is 15.0. The summed E-state index contributed by atoms with van der Waals surface area (Å²) in [5, 5.41) is 0. The minimum absolute atomic E-state index is 0.481. The van der Waals surface area contributed by atoms with Gasteiger partial charge in [0.2, 0.25) is 6.17 Å². The Balaban J connectivity index is 1.70. The first-order chi connectivity index (χ1) is 12.8. The number of unbranched alkanes of at least 4 members (excludes halogenated alkanes) is 8. The number of rotatable bonds is 14. The van der Waals surface area contributed by atoms with Gasteiger partial charge in [0, 0.05) is 0 Å². The van der Waals surface area contributed by atoms with Gasteiger partial charge in [-0.25, -0.2) is 0 Å². The van der Waals surface area contributed by atoms with Crippen LogP contribution in [0, 0.1) is 18.0 Å². The Labute approximate surface area is 161 Å². The number of hydrogen-bond acceptors (Lipinski definition) is 2. The monoisotopic (exact) mass is 353 g/mol. The summed E-state index contributed by atoms with van der Waals surface area (Å²) in [4.78, 5) is 9.05. The third-order valence-corrected chi connectivity index (χ3v) is 5.52. The van der Waals surface area contributed by atoms with Gasteiger partial charge in [-0.15, -0.1) is 0 Å². The molecule has 1 aliphatic rings. The van der Waals surface area contributed by atoms with Crippen molar-refractivity contribution in [2.45, 2.75) is 84.5 Å². The lowest BCUT2D eigenvalue weighted by molar-refractivity contribution is 0.330. The van der Waals surface area contributed by atoms with Crippen LogP contribution in [0.2, 0.25) is 0 Å². The second-order valence-corrected chi connectivity index (χ2v) is 7.81. The summed E-state index contributed by atoms with van der Waals surface area (Å²) in [6, 6.07) is 10.8. The Morgan fingerprint density at radius 2 is 1.38 bits per heavy atom. The van der Waals surface area contributed by atoms with Crippen molar-refractivity contribution >= 4 is 12.4 Å². The van der Waals surface area contributed by atoms with E-state index < -0.39 is 0 Å². The van der Waals surface area contributed by atoms with Crippen molar-refractivity contribution in [2.75, 3.05) is 0 Å². The molecule has 0 radical (unpaired) electrons. The van der Waals surface area contributed by atoms with Crippen LogP contribution in [0.5, 0.6) is 0 Å². The predicted molar refractivity (Wildman–Crippen MR) is 115 cm³/mol. The zero-order valence-corrected chi connectivity index (χ0v) is 16.9. The maximum absolute atomic E-state index is 4.53. The van der Waals surface area contributed by atoms with Crippen LogP contribution in [0.25, 0.3) is 0 Å². The molecule has 0 amide bonds. The van der Waals surface area contributed by atoms with Crippen LogP contribution in [0.15, 0.2) is 40.3 Å². The van der Waals surface area contributed by atoms with Gasteiger partial charge in [0.25, 0.3) is 0 Å². The van der Waals surface area contributed by atoms with E-state index in [-0.39, 0.29) is 0 Å². The van der Waals surface area contributed by atoms with E-state index >= 15 is 0 Å². The summed E-state index contributed by atoms with van der Waals surface area (Å²) in [6.07, 6.45) is 19.5. The highest BCUT2D eigenvalue weighted by molar-refractivity contribution is 6.18. The molecule has 1 heterocycles. The summed E-state index contributed by atoms with van der Waals surface area (Å²) in [7, 11) is 0. The first-order valence-corrected chi connectivity index (χ1v) is 10.8. The van der Waals surface area contributed by atoms with E-state index in [1.165, 1.54) is 69.8 Å². The van der Waals surface area contributed by atoms with Crippen molar-refractivity contribution in [1.29, 1.82) is 0 Å². The van der Waals surface area contributed by atoms with Gasteiger partial charge >= 0.3 is 0 Å². The Hall–Kier alpha value is -1.57. The molecule has 0 N–H and O–H groups in total. The maximum atomic E-state index is 4.53. The topological polar surface area (TPSA) is 24.7 Å². The quantitative estimate of drug-likeness (QED) is 0.253. The molecule has 0 fully saturated rings. The Kier molecular flexibility index (Phi) is 10.2. The van der Waals surface area contributed by atoms with E-state index in [2.05, 4.69) is 54.2 Å². The molecule has 142 valence electrons. The number of hydrogen-bond donors (Lipinski definition) is 0. The molecular formula is C24H37N2+. The van der Waals surface area contributed by atoms with Crippen LogP contribution in [0.4, 0.5) is 0 Å². The van der Waals surface area contributed by atoms with E-state index in [9.17, 15) is 0 Å². The number of nitrogens with zero attached hydrogens (tertiary/aromatic N) is 2. The van der Waals surface area contributed by atoms with Gasteiger partial charge in [0.1, 0.15) is 0 Å². The summed E-state index contributed by atoms with van der Waals surface area (Å²) in [5.41, 5.74) is 1.42. The van der Waals surface area contributed by atoms with Gasteiger partial charge in [-0.2, -0.15) is 0 Å². The molecule has 0 aliphatic carbocycles. The third-order valence-electron chi connectivity index (χ3n) is 5.52. The van der Waals surface area contributed by atoms with Crippen molar-refractivity contribution in [1.82, 2.24) is 0 Å². The van der Waals surface area contributed by atoms with Crippen molar-refractivity contribution in [3.63, 3.8) is 0 Å². The normalized spacial score (nSPS) is 15.5. The lowest BCUT2D eigenvalue weighted by Crippen LogP contribution is -2.19. The maximum Gasteiger partial charge on any atom is 0.244 e. The van der Waals surface area contributed by atoms with E-state index in [1.807, 2.05) is 12.4 Å². The number of benzene rings is 1. The second-order valence-electron chi connectivity index (χ2n) is 7.81. The summed E-state index contributed by atoms with van der Waals surface area (Å²) >= 11 is 0. The molecule has 1 aliphatic heterocycles. The molecule has 1 aromatic carbocycles. The molecule has 0 saturated heterocycles. The lowest BCUT2D eigenvalue weighted by Gasteiger charge is -2.22. The largest absolute Gasteiger partial charge is 0.244 e. The molecular weight excluding hydrogens is 316 g/mol. The van der Waals surface area contributed by atoms with Crippen molar-refractivity contribution in [3.05, 3.63) is 42.1 Å². The molecule has 2 heteroatoms. The standard InChI is InChI=1S/C24H37N2/c1-3-4-5-6-7-8-9-10-14-17-23(24-25-18-19-26-24)21(2)20-22-15-12-11-13-16-22/h11-13,15-16,18-19,21,23H,3-10,14,17,20H2,1-2H3/q+1. The smallest absolute Gasteiger partial charge is 0.0965 e. The van der Waals surface area contributed by atoms with E-state index in [4.69, 9.17) is 0 Å². The molecule has 0 aromatic heterocycles. The van der Waals surface area contributed by atoms with Gasteiger partial charge in [-0.1, -0.05) is 112 Å². The summed E-state index contributed by atoms with van der Waals surface area (Å²) in [6.45, 7) is 4.65. The Morgan fingerprint density at radius 3 is 2.00 bits per heavy atom. The van der Waals surface area contributed by atoms with Crippen molar-refractivity contribution < 1.29 is 0 Å². The van der Waals surface area contributed by atoms with Gasteiger partial charge in [0.15, 0.2) is 12.4 Å². The first kappa shape index (κ1) is 20.7. The average Bonchev–Trinajstić information content (AvgIpc) is 3.18. The zero-order chi connectivity index (χ0) is 18.5. The van der Waals surface area contributed by atoms with Gasteiger partial charge < -0.3 is 0 Å². The third kappa shape index (κ3) is 7.76. The van der Waals surface area contributed by atoms with E-state index in [0.29, 0.717) is 11.8 Å². The van der Waals surface area contributed by atoms with Crippen molar-refractivity contribution in [2.24, 2.45) is 21.8 Å². The fourth-order valence-electron chi connectivity index (χ4n) is 3.92. The summed E-state index contributed by atoms with van der Waals surface area (Å²) < 4.78 is 0. The van der Waals surface area contributed by atoms with Gasteiger partial charge in [-0.05, 0) is 24.3 Å². The fourth-order valence-corrected chi connectivity index (χ4v) is 3.92. The van der Waals surface area contributed by atoms with Crippen LogP contribution in [-0.4, -0.2) is 12.4 Å². The SMILES string of the molecule is CCCCCCCCCCCC([C+]1N=CC=N1)C(C)Cc1ccccc1. The molecule has 2 rings (SSSR count). The molecule has 2 nitrogen and oxygen atoms in total. The van der Waals surface area contributed by atoms with E-state index in [0.717, 1.165) is 12.6 Å². The molecule has 2 unspecified atom stereocenters. The second kappa shape index (κ2) is 12.7. The highest BCUT2D eigenvalue weighted by Gasteiger charge is 2.33. The Bertz CT molecular complexity index is 508. The zero-order valence-electron chi connectivity index (χ0n) is 16.9. The highest BCUT2D eigenvalue weighted by Crippen LogP contribution is 2.33. The van der Waals surface area contributed by atoms with Crippen LogP contribution in [-0.2, 0) is 6.42 Å². The lowest BCUT2D eigenvalue weighted by atomic mass is 9.82. The van der Waals surface area contributed by atoms with Crippen LogP contribution >= 0.6 is 0 Å². The molecule has 0 bridgehead atoms. The van der Waals surface area contributed by atoms with E-state index in [1.54, 1.807) is 0 Å². The molecule has 26 heavy (non-hydrogen) atoms. The van der Waals surface area contributed by atoms with Crippen LogP contribution in [0.3, 0.4) is 0 Å². The van der Waals surface area contributed by atoms with Gasteiger partial charge in [-0.3, -0.25) is 0 Å². The molecule has 1 aromatic rings. The molecule has 0 saturated carbocycles. The van der Waals surface area contributed by atoms with Crippen molar-refractivity contribution in [3.8, 4) is 0 Å². The van der Waals surface area contributed by atoms with Gasteiger partial charge in [0.05, 0.1) is 5.92 Å². The average molecular weight is 354 g/mol. The first-order valence-electron chi connectivity index (χ1n) is 10.8. The summed E-state index contributed by atoms with van der Waals surface area (Å²) in [5.74, 6) is 1.06. The minimum atomic E-state index is 0.481.